The summed E-state index contributed by atoms with van der Waals surface area (Å²) in [5, 5.41) is 3.05. The van der Waals surface area contributed by atoms with Gasteiger partial charge in [-0.25, -0.2) is 0 Å². The van der Waals surface area contributed by atoms with E-state index in [9.17, 15) is 4.79 Å². The lowest BCUT2D eigenvalue weighted by atomic mass is 9.88. The molecule has 0 saturated carbocycles. The maximum atomic E-state index is 12.7. The Balaban J connectivity index is 1.79. The quantitative estimate of drug-likeness (QED) is 0.643. The molecular weight excluding hydrogens is 306 g/mol. The van der Waals surface area contributed by atoms with Gasteiger partial charge in [-0.2, -0.15) is 0 Å². The van der Waals surface area contributed by atoms with Crippen molar-refractivity contribution in [2.45, 2.75) is 25.7 Å². The van der Waals surface area contributed by atoms with Gasteiger partial charge >= 0.3 is 0 Å². The molecule has 0 aliphatic carbocycles. The van der Waals surface area contributed by atoms with Crippen molar-refractivity contribution in [3.8, 4) is 0 Å². The lowest BCUT2D eigenvalue weighted by Gasteiger charge is -2.18. The van der Waals surface area contributed by atoms with Gasteiger partial charge in [0, 0.05) is 18.0 Å². The topological polar surface area (TPSA) is 29.1 Å². The average molecular weight is 329 g/mol. The highest BCUT2D eigenvalue weighted by Crippen LogP contribution is 2.28. The molecule has 0 aliphatic heterocycles. The Morgan fingerprint density at radius 1 is 0.840 bits per heavy atom. The smallest absolute Gasteiger partial charge is 0.225 e. The lowest BCUT2D eigenvalue weighted by molar-refractivity contribution is -0.116. The third-order valence-corrected chi connectivity index (χ3v) is 4.41. The molecule has 2 nitrogen and oxygen atoms in total. The number of amides is 1. The summed E-state index contributed by atoms with van der Waals surface area (Å²) in [7, 11) is 0. The van der Waals surface area contributed by atoms with Crippen LogP contribution in [-0.2, 0) is 11.2 Å². The van der Waals surface area contributed by atoms with Crippen LogP contribution < -0.4 is 5.32 Å². The molecule has 2 heteroatoms. The molecule has 3 aromatic carbocycles. The number of aryl methyl sites for hydroxylation is 1. The molecule has 3 aromatic rings. The Morgan fingerprint density at radius 2 is 1.44 bits per heavy atom. The van der Waals surface area contributed by atoms with Crippen molar-refractivity contribution in [1.29, 1.82) is 0 Å². The highest BCUT2D eigenvalue weighted by molar-refractivity contribution is 5.91. The summed E-state index contributed by atoms with van der Waals surface area (Å²) in [5.41, 5.74) is 4.40. The van der Waals surface area contributed by atoms with E-state index in [1.165, 1.54) is 5.56 Å². The van der Waals surface area contributed by atoms with Crippen molar-refractivity contribution in [2.75, 3.05) is 5.32 Å². The molecule has 0 saturated heterocycles. The number of rotatable bonds is 6. The minimum Gasteiger partial charge on any atom is -0.326 e. The zero-order valence-electron chi connectivity index (χ0n) is 14.5. The van der Waals surface area contributed by atoms with Gasteiger partial charge in [0.25, 0.3) is 0 Å². The normalized spacial score (nSPS) is 10.6. The summed E-state index contributed by atoms with van der Waals surface area (Å²) in [5.74, 6) is 0.0858. The van der Waals surface area contributed by atoms with Crippen molar-refractivity contribution >= 4 is 11.6 Å². The standard InChI is InChI=1S/C23H23NO/c1-2-18-10-9-15-21(16-18)24-23(25)17-22(19-11-5-3-6-12-19)20-13-7-4-8-14-20/h3-16,22H,2,17H2,1H3,(H,24,25). The SMILES string of the molecule is CCc1cccc(NC(=O)CC(c2ccccc2)c2ccccc2)c1. The van der Waals surface area contributed by atoms with Gasteiger partial charge in [-0.1, -0.05) is 79.7 Å². The van der Waals surface area contributed by atoms with Crippen LogP contribution in [0.5, 0.6) is 0 Å². The van der Waals surface area contributed by atoms with Crippen molar-refractivity contribution in [2.24, 2.45) is 0 Å². The summed E-state index contributed by atoms with van der Waals surface area (Å²) < 4.78 is 0. The molecular formula is C23H23NO. The second kappa shape index (κ2) is 8.29. The van der Waals surface area contributed by atoms with Crippen LogP contribution in [-0.4, -0.2) is 5.91 Å². The zero-order chi connectivity index (χ0) is 17.5. The van der Waals surface area contributed by atoms with Crippen LogP contribution in [0.4, 0.5) is 5.69 Å². The van der Waals surface area contributed by atoms with Gasteiger partial charge in [0.15, 0.2) is 0 Å². The Labute approximate surface area is 149 Å². The highest BCUT2D eigenvalue weighted by atomic mass is 16.1. The first-order chi connectivity index (χ1) is 12.3. The molecule has 126 valence electrons. The Bertz CT molecular complexity index is 772. The Kier molecular flexibility index (Phi) is 5.63. The number of anilines is 1. The fraction of sp³-hybridized carbons (Fsp3) is 0.174. The molecule has 0 aliphatic rings. The summed E-state index contributed by atoms with van der Waals surface area (Å²) in [6.07, 6.45) is 1.38. The molecule has 0 atom stereocenters. The summed E-state index contributed by atoms with van der Waals surface area (Å²) in [6.45, 7) is 2.11. The van der Waals surface area contributed by atoms with E-state index in [2.05, 4.69) is 42.6 Å². The maximum Gasteiger partial charge on any atom is 0.225 e. The molecule has 0 aromatic heterocycles. The second-order valence-corrected chi connectivity index (χ2v) is 6.18. The van der Waals surface area contributed by atoms with Gasteiger partial charge < -0.3 is 5.32 Å². The Hall–Kier alpha value is -2.87. The van der Waals surface area contributed by atoms with Crippen LogP contribution in [0, 0.1) is 0 Å². The third-order valence-electron chi connectivity index (χ3n) is 4.41. The number of hydrogen-bond acceptors (Lipinski definition) is 1. The molecule has 0 heterocycles. The molecule has 0 fully saturated rings. The molecule has 1 N–H and O–H groups in total. The van der Waals surface area contributed by atoms with E-state index in [4.69, 9.17) is 0 Å². The third kappa shape index (κ3) is 4.57. The first-order valence-corrected chi connectivity index (χ1v) is 8.75. The molecule has 0 radical (unpaired) electrons. The first-order valence-electron chi connectivity index (χ1n) is 8.75. The number of hydrogen-bond donors (Lipinski definition) is 1. The second-order valence-electron chi connectivity index (χ2n) is 6.18. The number of benzene rings is 3. The monoisotopic (exact) mass is 329 g/mol. The summed E-state index contributed by atoms with van der Waals surface area (Å²) in [6, 6.07) is 28.5. The predicted molar refractivity (Wildman–Crippen MR) is 104 cm³/mol. The molecule has 3 rings (SSSR count). The van der Waals surface area contributed by atoms with Gasteiger partial charge in [-0.3, -0.25) is 4.79 Å². The minimum atomic E-state index is 0.0333. The largest absolute Gasteiger partial charge is 0.326 e. The summed E-state index contributed by atoms with van der Waals surface area (Å²) >= 11 is 0. The molecule has 0 bridgehead atoms. The van der Waals surface area contributed by atoms with Crippen molar-refractivity contribution < 1.29 is 4.79 Å². The number of carbonyl (C=O) groups is 1. The summed E-state index contributed by atoms with van der Waals surface area (Å²) in [4.78, 5) is 12.7. The maximum absolute atomic E-state index is 12.7. The minimum absolute atomic E-state index is 0.0333. The molecule has 0 unspecified atom stereocenters. The fourth-order valence-corrected chi connectivity index (χ4v) is 3.07. The van der Waals surface area contributed by atoms with E-state index in [1.807, 2.05) is 54.6 Å². The van der Waals surface area contributed by atoms with E-state index < -0.39 is 0 Å². The van der Waals surface area contributed by atoms with Gasteiger partial charge in [-0.05, 0) is 35.2 Å². The molecule has 1 amide bonds. The zero-order valence-corrected chi connectivity index (χ0v) is 14.5. The molecule has 0 spiro atoms. The number of carbonyl (C=O) groups excluding carboxylic acids is 1. The number of nitrogens with one attached hydrogen (secondary N) is 1. The van der Waals surface area contributed by atoms with Gasteiger partial charge in [0.2, 0.25) is 5.91 Å². The van der Waals surface area contributed by atoms with Crippen LogP contribution in [0.3, 0.4) is 0 Å². The van der Waals surface area contributed by atoms with Crippen LogP contribution in [0.15, 0.2) is 84.9 Å². The fourth-order valence-electron chi connectivity index (χ4n) is 3.07. The van der Waals surface area contributed by atoms with Gasteiger partial charge in [0.05, 0.1) is 0 Å². The van der Waals surface area contributed by atoms with Gasteiger partial charge in [0.1, 0.15) is 0 Å². The lowest BCUT2D eigenvalue weighted by Crippen LogP contribution is -2.16. The van der Waals surface area contributed by atoms with E-state index in [1.54, 1.807) is 0 Å². The van der Waals surface area contributed by atoms with E-state index in [0.29, 0.717) is 6.42 Å². The van der Waals surface area contributed by atoms with Crippen LogP contribution in [0.1, 0.15) is 36.0 Å². The molecule has 25 heavy (non-hydrogen) atoms. The first kappa shape index (κ1) is 17.0. The predicted octanol–water partition coefficient (Wildman–Crippen LogP) is 5.41. The van der Waals surface area contributed by atoms with E-state index in [-0.39, 0.29) is 11.8 Å². The van der Waals surface area contributed by atoms with Crippen molar-refractivity contribution in [3.63, 3.8) is 0 Å². The van der Waals surface area contributed by atoms with E-state index in [0.717, 1.165) is 23.2 Å². The van der Waals surface area contributed by atoms with Gasteiger partial charge in [-0.15, -0.1) is 0 Å². The van der Waals surface area contributed by atoms with E-state index >= 15 is 0 Å². The van der Waals surface area contributed by atoms with Crippen LogP contribution >= 0.6 is 0 Å². The van der Waals surface area contributed by atoms with Crippen molar-refractivity contribution in [1.82, 2.24) is 0 Å². The average Bonchev–Trinajstić information content (AvgIpc) is 2.67. The van der Waals surface area contributed by atoms with Crippen molar-refractivity contribution in [3.05, 3.63) is 102 Å². The highest BCUT2D eigenvalue weighted by Gasteiger charge is 2.18. The van der Waals surface area contributed by atoms with Crippen LogP contribution in [0.25, 0.3) is 0 Å². The van der Waals surface area contributed by atoms with Crippen LogP contribution in [0.2, 0.25) is 0 Å². The Morgan fingerprint density at radius 3 is 2.00 bits per heavy atom.